The quantitative estimate of drug-likeness (QED) is 0.697. The number of benzene rings is 2. The van der Waals surface area contributed by atoms with Gasteiger partial charge in [-0.1, -0.05) is 31.2 Å². The smallest absolute Gasteiger partial charge is 0.261 e. The molecule has 1 N–H and O–H groups in total. The second kappa shape index (κ2) is 10.6. The summed E-state index contributed by atoms with van der Waals surface area (Å²) in [4.78, 5) is 27.1. The lowest BCUT2D eigenvalue weighted by molar-refractivity contribution is -0.142. The van der Waals surface area contributed by atoms with Crippen LogP contribution >= 0.6 is 0 Å². The van der Waals surface area contributed by atoms with Crippen LogP contribution < -0.4 is 10.1 Å². The molecular formula is C23H29FN2O3. The number of carbonyl (C=O) groups excluding carboxylic acids is 2. The van der Waals surface area contributed by atoms with Crippen LogP contribution in [0.4, 0.5) is 4.39 Å². The van der Waals surface area contributed by atoms with E-state index in [1.165, 1.54) is 17.0 Å². The van der Waals surface area contributed by atoms with Gasteiger partial charge < -0.3 is 15.0 Å². The summed E-state index contributed by atoms with van der Waals surface area (Å²) in [5, 5.41) is 2.78. The second-order valence-corrected chi connectivity index (χ2v) is 7.02. The molecule has 0 aliphatic carbocycles. The monoisotopic (exact) mass is 400 g/mol. The van der Waals surface area contributed by atoms with E-state index in [0.717, 1.165) is 16.7 Å². The number of amides is 2. The maximum absolute atomic E-state index is 13.3. The lowest BCUT2D eigenvalue weighted by atomic mass is 10.1. The minimum Gasteiger partial charge on any atom is -0.483 e. The molecular weight excluding hydrogens is 371 g/mol. The molecule has 0 aromatic heterocycles. The van der Waals surface area contributed by atoms with Crippen molar-refractivity contribution in [2.24, 2.45) is 0 Å². The molecule has 0 aliphatic heterocycles. The molecule has 2 aromatic carbocycles. The Bertz CT molecular complexity index is 837. The van der Waals surface area contributed by atoms with Gasteiger partial charge in [0, 0.05) is 13.1 Å². The predicted octanol–water partition coefficient (Wildman–Crippen LogP) is 3.76. The molecule has 0 radical (unpaired) electrons. The Morgan fingerprint density at radius 1 is 1.10 bits per heavy atom. The number of ether oxygens (including phenoxy) is 1. The van der Waals surface area contributed by atoms with Crippen LogP contribution in [0.2, 0.25) is 0 Å². The summed E-state index contributed by atoms with van der Waals surface area (Å²) in [5.41, 5.74) is 2.72. The Kier molecular flexibility index (Phi) is 8.19. The summed E-state index contributed by atoms with van der Waals surface area (Å²) in [6, 6.07) is 11.1. The molecule has 0 saturated carbocycles. The van der Waals surface area contributed by atoms with Crippen LogP contribution in [0.1, 0.15) is 37.0 Å². The standard InChI is InChI=1S/C23H29FN2O3/c1-5-20(23(28)25-6-2)26(14-18-9-11-19(24)12-10-18)22(27)15-29-21-13-16(3)7-8-17(21)4/h7-13,20H,5-6,14-15H2,1-4H3,(H,25,28)/t20-/m1/s1. The minimum atomic E-state index is -0.630. The molecule has 5 nitrogen and oxygen atoms in total. The number of halogens is 1. The van der Waals surface area contributed by atoms with Gasteiger partial charge >= 0.3 is 0 Å². The fourth-order valence-electron chi connectivity index (χ4n) is 3.08. The van der Waals surface area contributed by atoms with E-state index in [1.807, 2.05) is 45.9 Å². The third-order valence-corrected chi connectivity index (χ3v) is 4.70. The van der Waals surface area contributed by atoms with E-state index in [4.69, 9.17) is 4.74 Å². The van der Waals surface area contributed by atoms with Crippen LogP contribution in [-0.4, -0.2) is 35.9 Å². The summed E-state index contributed by atoms with van der Waals surface area (Å²) in [5.74, 6) is -0.211. The molecule has 2 rings (SSSR count). The molecule has 1 atom stereocenters. The van der Waals surface area contributed by atoms with Crippen molar-refractivity contribution in [3.8, 4) is 5.75 Å². The average Bonchev–Trinajstić information content (AvgIpc) is 2.70. The van der Waals surface area contributed by atoms with Gasteiger partial charge in [-0.3, -0.25) is 9.59 Å². The molecule has 0 bridgehead atoms. The minimum absolute atomic E-state index is 0.179. The molecule has 0 aliphatic rings. The number of likely N-dealkylation sites (N-methyl/N-ethyl adjacent to an activating group) is 1. The van der Waals surface area contributed by atoms with E-state index in [9.17, 15) is 14.0 Å². The van der Waals surface area contributed by atoms with Crippen LogP contribution in [-0.2, 0) is 16.1 Å². The third-order valence-electron chi connectivity index (χ3n) is 4.70. The van der Waals surface area contributed by atoms with Crippen molar-refractivity contribution in [2.75, 3.05) is 13.2 Å². The highest BCUT2D eigenvalue weighted by molar-refractivity contribution is 5.88. The summed E-state index contributed by atoms with van der Waals surface area (Å²) >= 11 is 0. The number of nitrogens with one attached hydrogen (secondary N) is 1. The van der Waals surface area contributed by atoms with Gasteiger partial charge in [-0.15, -0.1) is 0 Å². The van der Waals surface area contributed by atoms with Gasteiger partial charge in [-0.05, 0) is 62.1 Å². The predicted molar refractivity (Wildman–Crippen MR) is 111 cm³/mol. The topological polar surface area (TPSA) is 58.6 Å². The molecule has 0 saturated heterocycles. The number of hydrogen-bond donors (Lipinski definition) is 1. The van der Waals surface area contributed by atoms with Crippen LogP contribution in [0.3, 0.4) is 0 Å². The van der Waals surface area contributed by atoms with Crippen molar-refractivity contribution in [3.63, 3.8) is 0 Å². The number of rotatable bonds is 9. The third kappa shape index (κ3) is 6.31. The van der Waals surface area contributed by atoms with Gasteiger partial charge in [-0.2, -0.15) is 0 Å². The van der Waals surface area contributed by atoms with Crippen LogP contribution in [0.5, 0.6) is 5.75 Å². The van der Waals surface area contributed by atoms with E-state index in [2.05, 4.69) is 5.32 Å². The van der Waals surface area contributed by atoms with E-state index in [1.54, 1.807) is 12.1 Å². The summed E-state index contributed by atoms with van der Waals surface area (Å²) < 4.78 is 19.0. The highest BCUT2D eigenvalue weighted by Crippen LogP contribution is 2.20. The SMILES string of the molecule is CCNC(=O)[C@@H](CC)N(Cc1ccc(F)cc1)C(=O)COc1cc(C)ccc1C. The molecule has 0 unspecified atom stereocenters. The Hall–Kier alpha value is -2.89. The summed E-state index contributed by atoms with van der Waals surface area (Å²) in [6.07, 6.45) is 0.461. The van der Waals surface area contributed by atoms with Gasteiger partial charge in [0.2, 0.25) is 5.91 Å². The first-order chi connectivity index (χ1) is 13.8. The first-order valence-corrected chi connectivity index (χ1v) is 9.87. The number of aryl methyl sites for hydroxylation is 2. The van der Waals surface area contributed by atoms with Crippen molar-refractivity contribution in [2.45, 2.75) is 46.7 Å². The van der Waals surface area contributed by atoms with Gasteiger partial charge in [0.05, 0.1) is 0 Å². The van der Waals surface area contributed by atoms with E-state index in [-0.39, 0.29) is 30.8 Å². The molecule has 0 spiro atoms. The Morgan fingerprint density at radius 2 is 1.79 bits per heavy atom. The van der Waals surface area contributed by atoms with Gasteiger partial charge in [-0.25, -0.2) is 4.39 Å². The van der Waals surface area contributed by atoms with Crippen molar-refractivity contribution in [1.82, 2.24) is 10.2 Å². The average molecular weight is 400 g/mol. The van der Waals surface area contributed by atoms with Crippen molar-refractivity contribution >= 4 is 11.8 Å². The Balaban J connectivity index is 2.21. The largest absolute Gasteiger partial charge is 0.483 e. The van der Waals surface area contributed by atoms with Crippen molar-refractivity contribution < 1.29 is 18.7 Å². The fourth-order valence-corrected chi connectivity index (χ4v) is 3.08. The molecule has 0 heterocycles. The molecule has 2 amide bonds. The van der Waals surface area contributed by atoms with Gasteiger partial charge in [0.25, 0.3) is 5.91 Å². The normalized spacial score (nSPS) is 11.6. The van der Waals surface area contributed by atoms with Gasteiger partial charge in [0.1, 0.15) is 17.6 Å². The lowest BCUT2D eigenvalue weighted by Gasteiger charge is -2.30. The Morgan fingerprint density at radius 3 is 2.41 bits per heavy atom. The van der Waals surface area contributed by atoms with E-state index >= 15 is 0 Å². The van der Waals surface area contributed by atoms with Crippen LogP contribution in [0, 0.1) is 19.7 Å². The zero-order valence-corrected chi connectivity index (χ0v) is 17.5. The highest BCUT2D eigenvalue weighted by Gasteiger charge is 2.28. The van der Waals surface area contributed by atoms with E-state index < -0.39 is 6.04 Å². The van der Waals surface area contributed by atoms with Gasteiger partial charge in [0.15, 0.2) is 6.61 Å². The zero-order chi connectivity index (χ0) is 21.4. The van der Waals surface area contributed by atoms with Crippen LogP contribution in [0.15, 0.2) is 42.5 Å². The molecule has 6 heteroatoms. The molecule has 2 aromatic rings. The lowest BCUT2D eigenvalue weighted by Crippen LogP contribution is -2.50. The fraction of sp³-hybridized carbons (Fsp3) is 0.391. The number of nitrogens with zero attached hydrogens (tertiary/aromatic N) is 1. The summed E-state index contributed by atoms with van der Waals surface area (Å²) in [6.45, 7) is 8.06. The van der Waals surface area contributed by atoms with Crippen molar-refractivity contribution in [1.29, 1.82) is 0 Å². The molecule has 156 valence electrons. The first kappa shape index (κ1) is 22.4. The second-order valence-electron chi connectivity index (χ2n) is 7.02. The maximum atomic E-state index is 13.3. The van der Waals surface area contributed by atoms with Crippen LogP contribution in [0.25, 0.3) is 0 Å². The number of hydrogen-bond acceptors (Lipinski definition) is 3. The zero-order valence-electron chi connectivity index (χ0n) is 17.5. The number of carbonyl (C=O) groups is 2. The Labute approximate surface area is 171 Å². The highest BCUT2D eigenvalue weighted by atomic mass is 19.1. The molecule has 29 heavy (non-hydrogen) atoms. The summed E-state index contributed by atoms with van der Waals surface area (Å²) in [7, 11) is 0. The molecule has 0 fully saturated rings. The first-order valence-electron chi connectivity index (χ1n) is 9.87. The van der Waals surface area contributed by atoms with Crippen molar-refractivity contribution in [3.05, 3.63) is 65.0 Å². The van der Waals surface area contributed by atoms with E-state index in [0.29, 0.717) is 18.7 Å². The maximum Gasteiger partial charge on any atom is 0.261 e.